The van der Waals surface area contributed by atoms with Gasteiger partial charge in [-0.15, -0.1) is 0 Å². The third-order valence-corrected chi connectivity index (χ3v) is 5.99. The van der Waals surface area contributed by atoms with Crippen LogP contribution in [0, 0.1) is 6.92 Å². The Balaban J connectivity index is 1.66. The first-order valence-corrected chi connectivity index (χ1v) is 11.6. The van der Waals surface area contributed by atoms with Crippen LogP contribution < -0.4 is 10.0 Å². The summed E-state index contributed by atoms with van der Waals surface area (Å²) in [7, 11) is -3.92. The molecule has 0 radical (unpaired) electrons. The first-order chi connectivity index (χ1) is 15.7. The molecule has 1 atom stereocenters. The lowest BCUT2D eigenvalue weighted by molar-refractivity contribution is -0.124. The minimum Gasteiger partial charge on any atom is -0.449 e. The Morgan fingerprint density at radius 1 is 1.09 bits per heavy atom. The summed E-state index contributed by atoms with van der Waals surface area (Å²) >= 11 is 5.89. The minimum atomic E-state index is -3.92. The van der Waals surface area contributed by atoms with Crippen molar-refractivity contribution in [2.24, 2.45) is 0 Å². The molecule has 2 N–H and O–H groups in total. The molecule has 33 heavy (non-hydrogen) atoms. The number of carbonyl (C=O) groups is 2. The third-order valence-electron chi connectivity index (χ3n) is 4.34. The van der Waals surface area contributed by atoms with Crippen LogP contribution in [-0.4, -0.2) is 41.4 Å². The number of halogens is 1. The van der Waals surface area contributed by atoms with Gasteiger partial charge in [0.1, 0.15) is 5.15 Å². The molecule has 12 heteroatoms. The van der Waals surface area contributed by atoms with Gasteiger partial charge in [-0.3, -0.25) is 4.79 Å². The van der Waals surface area contributed by atoms with Crippen LogP contribution in [0.25, 0.3) is 0 Å². The van der Waals surface area contributed by atoms with E-state index in [0.717, 1.165) is 0 Å². The molecule has 1 aromatic carbocycles. The highest BCUT2D eigenvalue weighted by atomic mass is 35.5. The Morgan fingerprint density at radius 3 is 2.45 bits per heavy atom. The number of benzene rings is 1. The van der Waals surface area contributed by atoms with Crippen LogP contribution in [0.15, 0.2) is 59.8 Å². The smallest absolute Gasteiger partial charge is 0.342 e. The fourth-order valence-electron chi connectivity index (χ4n) is 2.67. The number of anilines is 2. The lowest BCUT2D eigenvalue weighted by atomic mass is 10.2. The lowest BCUT2D eigenvalue weighted by Crippen LogP contribution is -2.32. The van der Waals surface area contributed by atoms with Crippen molar-refractivity contribution in [1.82, 2.24) is 15.0 Å². The molecule has 0 bridgehead atoms. The van der Waals surface area contributed by atoms with Crippen molar-refractivity contribution < 1.29 is 22.7 Å². The van der Waals surface area contributed by atoms with E-state index in [1.807, 2.05) is 0 Å². The zero-order valence-electron chi connectivity index (χ0n) is 17.6. The highest BCUT2D eigenvalue weighted by molar-refractivity contribution is 7.92. The lowest BCUT2D eigenvalue weighted by Gasteiger charge is -2.16. The number of carbonyl (C=O) groups excluding carboxylic acids is 2. The minimum absolute atomic E-state index is 0.0285. The topological polar surface area (TPSA) is 140 Å². The van der Waals surface area contributed by atoms with E-state index in [1.165, 1.54) is 48.8 Å². The summed E-state index contributed by atoms with van der Waals surface area (Å²) in [6.45, 7) is 3.39. The molecule has 1 unspecified atom stereocenters. The number of pyridine rings is 1. The number of amides is 1. The van der Waals surface area contributed by atoms with Gasteiger partial charge >= 0.3 is 5.97 Å². The molecule has 0 aliphatic heterocycles. The standard InChI is InChI=1S/C21H20ClN5O5S/c1-3-17(32-20(29)16-5-4-11-23-18(16)22)19(28)26-14-6-8-15(9-7-14)33(30,31)27-21-24-12-10-13(2)25-21/h4-12,17H,3H2,1-2H3,(H,26,28)(H,24,25,27). The molecule has 10 nitrogen and oxygen atoms in total. The molecular formula is C21H20ClN5O5S. The summed E-state index contributed by atoms with van der Waals surface area (Å²) in [5.74, 6) is -1.40. The van der Waals surface area contributed by atoms with Crippen molar-refractivity contribution in [3.8, 4) is 0 Å². The number of esters is 1. The van der Waals surface area contributed by atoms with Crippen molar-refractivity contribution in [2.45, 2.75) is 31.3 Å². The average Bonchev–Trinajstić information content (AvgIpc) is 2.77. The molecule has 0 saturated carbocycles. The normalized spacial score (nSPS) is 12.0. The van der Waals surface area contributed by atoms with Gasteiger partial charge in [0.25, 0.3) is 15.9 Å². The van der Waals surface area contributed by atoms with Crippen molar-refractivity contribution >= 4 is 45.1 Å². The molecule has 3 aromatic rings. The fourth-order valence-corrected chi connectivity index (χ4v) is 3.82. The van der Waals surface area contributed by atoms with Crippen LogP contribution in [0.4, 0.5) is 11.6 Å². The number of aromatic nitrogens is 3. The average molecular weight is 490 g/mol. The molecule has 2 aromatic heterocycles. The van der Waals surface area contributed by atoms with Crippen LogP contribution >= 0.6 is 11.6 Å². The van der Waals surface area contributed by atoms with Gasteiger partial charge in [-0.05, 0) is 55.8 Å². The van der Waals surface area contributed by atoms with Crippen LogP contribution in [0.5, 0.6) is 0 Å². The molecule has 0 aliphatic carbocycles. The van der Waals surface area contributed by atoms with Crippen LogP contribution in [0.1, 0.15) is 29.4 Å². The Morgan fingerprint density at radius 2 is 1.82 bits per heavy atom. The number of ether oxygens (including phenoxy) is 1. The molecule has 0 spiro atoms. The number of hydrogen-bond acceptors (Lipinski definition) is 8. The Hall–Kier alpha value is -3.57. The number of aryl methyl sites for hydroxylation is 1. The van der Waals surface area contributed by atoms with E-state index in [1.54, 1.807) is 19.9 Å². The maximum atomic E-state index is 12.6. The number of nitrogens with one attached hydrogen (secondary N) is 2. The predicted molar refractivity (Wildman–Crippen MR) is 121 cm³/mol. The maximum absolute atomic E-state index is 12.6. The molecular weight excluding hydrogens is 470 g/mol. The summed E-state index contributed by atoms with van der Waals surface area (Å²) in [4.78, 5) is 36.5. The van der Waals surface area contributed by atoms with E-state index in [2.05, 4.69) is 25.0 Å². The van der Waals surface area contributed by atoms with Gasteiger partial charge in [-0.1, -0.05) is 18.5 Å². The molecule has 2 heterocycles. The van der Waals surface area contributed by atoms with Crippen molar-refractivity contribution in [3.05, 3.63) is 71.3 Å². The zero-order valence-corrected chi connectivity index (χ0v) is 19.2. The van der Waals surface area contributed by atoms with Crippen LogP contribution in [-0.2, 0) is 19.6 Å². The van der Waals surface area contributed by atoms with Gasteiger partial charge in [0, 0.05) is 23.8 Å². The highest BCUT2D eigenvalue weighted by Gasteiger charge is 2.24. The van der Waals surface area contributed by atoms with E-state index in [9.17, 15) is 18.0 Å². The van der Waals surface area contributed by atoms with E-state index in [0.29, 0.717) is 11.4 Å². The van der Waals surface area contributed by atoms with E-state index in [4.69, 9.17) is 16.3 Å². The number of sulfonamides is 1. The number of hydrogen-bond donors (Lipinski definition) is 2. The van der Waals surface area contributed by atoms with Crippen molar-refractivity contribution in [2.75, 3.05) is 10.0 Å². The van der Waals surface area contributed by atoms with Gasteiger partial charge in [-0.25, -0.2) is 32.9 Å². The second kappa shape index (κ2) is 10.4. The molecule has 3 rings (SSSR count). The van der Waals surface area contributed by atoms with Gasteiger partial charge in [0.15, 0.2) is 6.10 Å². The Kier molecular flexibility index (Phi) is 7.56. The number of nitrogens with zero attached hydrogens (tertiary/aromatic N) is 3. The molecule has 0 fully saturated rings. The fraction of sp³-hybridized carbons (Fsp3) is 0.190. The summed E-state index contributed by atoms with van der Waals surface area (Å²) in [5, 5.41) is 2.57. The monoisotopic (exact) mass is 489 g/mol. The molecule has 0 saturated heterocycles. The van der Waals surface area contributed by atoms with E-state index < -0.39 is 28.0 Å². The van der Waals surface area contributed by atoms with Crippen molar-refractivity contribution in [3.63, 3.8) is 0 Å². The van der Waals surface area contributed by atoms with Gasteiger partial charge in [0.2, 0.25) is 5.95 Å². The van der Waals surface area contributed by atoms with Gasteiger partial charge in [-0.2, -0.15) is 0 Å². The zero-order chi connectivity index (χ0) is 24.0. The number of rotatable bonds is 8. The third kappa shape index (κ3) is 6.24. The quantitative estimate of drug-likeness (QED) is 0.363. The van der Waals surface area contributed by atoms with Gasteiger partial charge < -0.3 is 10.1 Å². The summed E-state index contributed by atoms with van der Waals surface area (Å²) < 4.78 is 32.6. The Labute approximate surface area is 195 Å². The van der Waals surface area contributed by atoms with Crippen LogP contribution in [0.3, 0.4) is 0 Å². The largest absolute Gasteiger partial charge is 0.449 e. The maximum Gasteiger partial charge on any atom is 0.342 e. The summed E-state index contributed by atoms with van der Waals surface area (Å²) in [6, 6.07) is 10.1. The molecule has 1 amide bonds. The Bertz CT molecular complexity index is 1270. The van der Waals surface area contributed by atoms with Crippen LogP contribution in [0.2, 0.25) is 5.15 Å². The van der Waals surface area contributed by atoms with E-state index in [-0.39, 0.29) is 28.0 Å². The molecule has 0 aliphatic rings. The first kappa shape index (κ1) is 24.1. The second-order valence-electron chi connectivity index (χ2n) is 6.78. The predicted octanol–water partition coefficient (Wildman–Crippen LogP) is 3.21. The summed E-state index contributed by atoms with van der Waals surface area (Å²) in [5.41, 5.74) is 0.975. The summed E-state index contributed by atoms with van der Waals surface area (Å²) in [6.07, 6.45) is 1.99. The van der Waals surface area contributed by atoms with E-state index >= 15 is 0 Å². The second-order valence-corrected chi connectivity index (χ2v) is 8.83. The SMILES string of the molecule is CCC(OC(=O)c1cccnc1Cl)C(=O)Nc1ccc(S(=O)(=O)Nc2nccc(C)n2)cc1. The highest BCUT2D eigenvalue weighted by Crippen LogP contribution is 2.18. The van der Waals surface area contributed by atoms with Crippen molar-refractivity contribution in [1.29, 1.82) is 0 Å². The first-order valence-electron chi connectivity index (χ1n) is 9.74. The molecule has 172 valence electrons. The van der Waals surface area contributed by atoms with Gasteiger partial charge in [0.05, 0.1) is 10.5 Å².